The third-order valence-electron chi connectivity index (χ3n) is 5.97. The normalized spacial score (nSPS) is 15.4. The molecule has 2 heterocycles. The Labute approximate surface area is 202 Å². The van der Waals surface area contributed by atoms with Crippen LogP contribution in [0.15, 0.2) is 77.0 Å². The molecule has 4 aromatic rings. The van der Waals surface area contributed by atoms with Gasteiger partial charge in [-0.3, -0.25) is 10.1 Å². The van der Waals surface area contributed by atoms with E-state index in [1.807, 2.05) is 30.6 Å². The summed E-state index contributed by atoms with van der Waals surface area (Å²) in [6, 6.07) is 20.4. The smallest absolute Gasteiger partial charge is 0.257 e. The van der Waals surface area contributed by atoms with Gasteiger partial charge in [0.2, 0.25) is 10.0 Å². The number of amides is 1. The molecule has 0 spiro atoms. The number of hydrogen-bond donors (Lipinski definition) is 1. The molecule has 34 heavy (non-hydrogen) atoms. The van der Waals surface area contributed by atoms with Crippen LogP contribution in [0.1, 0.15) is 10.4 Å². The molecule has 1 saturated heterocycles. The first-order chi connectivity index (χ1) is 16.4. The molecule has 0 saturated carbocycles. The largest absolute Gasteiger partial charge is 0.304 e. The summed E-state index contributed by atoms with van der Waals surface area (Å²) in [5, 5.41) is 7.43. The van der Waals surface area contributed by atoms with Gasteiger partial charge in [-0.25, -0.2) is 13.4 Å². The van der Waals surface area contributed by atoms with Crippen LogP contribution in [0, 0.1) is 0 Å². The first-order valence-corrected chi connectivity index (χ1v) is 13.3. The molecular weight excluding hydrogens is 468 g/mol. The van der Waals surface area contributed by atoms with E-state index < -0.39 is 15.9 Å². The number of nitrogens with one attached hydrogen (secondary N) is 1. The molecule has 1 aliphatic rings. The van der Waals surface area contributed by atoms with Crippen molar-refractivity contribution in [2.45, 2.75) is 4.90 Å². The predicted molar refractivity (Wildman–Crippen MR) is 136 cm³/mol. The van der Waals surface area contributed by atoms with Crippen LogP contribution in [0.3, 0.4) is 0 Å². The predicted octanol–water partition coefficient (Wildman–Crippen LogP) is 4.15. The molecular formula is C25H24N4O3S2. The maximum absolute atomic E-state index is 13.0. The first kappa shape index (κ1) is 22.7. The molecule has 1 aromatic heterocycles. The Hall–Kier alpha value is -3.11. The van der Waals surface area contributed by atoms with Crippen molar-refractivity contribution in [2.75, 3.05) is 38.5 Å². The van der Waals surface area contributed by atoms with Crippen molar-refractivity contribution in [3.8, 4) is 11.3 Å². The Morgan fingerprint density at radius 3 is 2.50 bits per heavy atom. The minimum Gasteiger partial charge on any atom is -0.304 e. The van der Waals surface area contributed by atoms with Crippen LogP contribution >= 0.6 is 11.3 Å². The van der Waals surface area contributed by atoms with E-state index in [2.05, 4.69) is 39.5 Å². The highest BCUT2D eigenvalue weighted by molar-refractivity contribution is 7.89. The fourth-order valence-electron chi connectivity index (χ4n) is 3.96. The molecule has 0 unspecified atom stereocenters. The van der Waals surface area contributed by atoms with E-state index in [9.17, 15) is 13.2 Å². The number of piperazine rings is 1. The van der Waals surface area contributed by atoms with Gasteiger partial charge in [0.05, 0.1) is 10.6 Å². The third kappa shape index (κ3) is 4.60. The van der Waals surface area contributed by atoms with Crippen LogP contribution in [0.2, 0.25) is 0 Å². The lowest BCUT2D eigenvalue weighted by atomic mass is 10.1. The van der Waals surface area contributed by atoms with Crippen molar-refractivity contribution in [2.24, 2.45) is 0 Å². The number of benzene rings is 3. The zero-order valence-electron chi connectivity index (χ0n) is 18.6. The Bertz CT molecular complexity index is 1460. The summed E-state index contributed by atoms with van der Waals surface area (Å²) < 4.78 is 27.6. The second-order valence-corrected chi connectivity index (χ2v) is 11.1. The van der Waals surface area contributed by atoms with Crippen LogP contribution < -0.4 is 5.32 Å². The van der Waals surface area contributed by atoms with Crippen molar-refractivity contribution < 1.29 is 13.2 Å². The number of thiazole rings is 1. The van der Waals surface area contributed by atoms with Gasteiger partial charge >= 0.3 is 0 Å². The Balaban J connectivity index is 1.33. The molecule has 5 rings (SSSR count). The number of fused-ring (bicyclic) bond motifs is 1. The van der Waals surface area contributed by atoms with E-state index in [1.165, 1.54) is 27.8 Å². The summed E-state index contributed by atoms with van der Waals surface area (Å²) in [6.45, 7) is 2.24. The summed E-state index contributed by atoms with van der Waals surface area (Å²) in [4.78, 5) is 19.7. The number of sulfonamides is 1. The number of aromatic nitrogens is 1. The summed E-state index contributed by atoms with van der Waals surface area (Å²) in [6.07, 6.45) is 0. The van der Waals surface area contributed by atoms with Crippen molar-refractivity contribution in [1.29, 1.82) is 0 Å². The molecule has 3 aromatic carbocycles. The van der Waals surface area contributed by atoms with Gasteiger partial charge in [0.15, 0.2) is 5.13 Å². The van der Waals surface area contributed by atoms with Gasteiger partial charge < -0.3 is 4.90 Å². The number of hydrogen-bond acceptors (Lipinski definition) is 6. The van der Waals surface area contributed by atoms with Crippen molar-refractivity contribution >= 4 is 43.2 Å². The first-order valence-electron chi connectivity index (χ1n) is 10.9. The number of anilines is 1. The van der Waals surface area contributed by atoms with Crippen LogP contribution in [0.4, 0.5) is 5.13 Å². The van der Waals surface area contributed by atoms with Gasteiger partial charge in [-0.1, -0.05) is 42.5 Å². The fraction of sp³-hybridized carbons (Fsp3) is 0.200. The van der Waals surface area contributed by atoms with Gasteiger partial charge in [-0.15, -0.1) is 11.3 Å². The highest BCUT2D eigenvalue weighted by Gasteiger charge is 2.28. The molecule has 1 amide bonds. The number of carbonyl (C=O) groups is 1. The SMILES string of the molecule is CN1CCN(S(=O)(=O)c2cccc(C(=O)Nc3nc(-c4ccc5ccccc5c4)cs3)c2)CC1. The molecule has 174 valence electrons. The number of rotatable bonds is 5. The lowest BCUT2D eigenvalue weighted by Gasteiger charge is -2.31. The van der Waals surface area contributed by atoms with E-state index >= 15 is 0 Å². The van der Waals surface area contributed by atoms with Crippen LogP contribution in [0.5, 0.6) is 0 Å². The molecule has 0 bridgehead atoms. The minimum absolute atomic E-state index is 0.126. The van der Waals surface area contributed by atoms with Crippen LogP contribution in [-0.4, -0.2) is 61.7 Å². The van der Waals surface area contributed by atoms with E-state index in [0.29, 0.717) is 31.3 Å². The Morgan fingerprint density at radius 1 is 0.941 bits per heavy atom. The monoisotopic (exact) mass is 492 g/mol. The van der Waals surface area contributed by atoms with E-state index in [1.54, 1.807) is 12.1 Å². The average Bonchev–Trinajstić information content (AvgIpc) is 3.32. The fourth-order valence-corrected chi connectivity index (χ4v) is 6.14. The van der Waals surface area contributed by atoms with E-state index in [0.717, 1.165) is 22.0 Å². The zero-order valence-corrected chi connectivity index (χ0v) is 20.3. The van der Waals surface area contributed by atoms with Crippen molar-refractivity contribution in [3.05, 3.63) is 77.7 Å². The van der Waals surface area contributed by atoms with Crippen molar-refractivity contribution in [3.63, 3.8) is 0 Å². The summed E-state index contributed by atoms with van der Waals surface area (Å²) in [5.41, 5.74) is 2.02. The number of carbonyl (C=O) groups excluding carboxylic acids is 1. The van der Waals surface area contributed by atoms with Gasteiger partial charge in [-0.05, 0) is 42.1 Å². The molecule has 0 atom stereocenters. The van der Waals surface area contributed by atoms with Gasteiger partial charge in [0.1, 0.15) is 0 Å². The second kappa shape index (κ2) is 9.27. The van der Waals surface area contributed by atoms with Gasteiger partial charge in [0, 0.05) is 42.7 Å². The highest BCUT2D eigenvalue weighted by Crippen LogP contribution is 2.28. The Morgan fingerprint density at radius 2 is 1.71 bits per heavy atom. The zero-order chi connectivity index (χ0) is 23.7. The molecule has 9 heteroatoms. The minimum atomic E-state index is -3.65. The summed E-state index contributed by atoms with van der Waals surface area (Å²) in [5.74, 6) is -0.394. The molecule has 1 aliphatic heterocycles. The summed E-state index contributed by atoms with van der Waals surface area (Å²) in [7, 11) is -1.68. The maximum Gasteiger partial charge on any atom is 0.257 e. The number of likely N-dealkylation sites (N-methyl/N-ethyl adjacent to an activating group) is 1. The topological polar surface area (TPSA) is 82.6 Å². The van der Waals surface area contributed by atoms with Gasteiger partial charge in [0.25, 0.3) is 5.91 Å². The van der Waals surface area contributed by atoms with Gasteiger partial charge in [-0.2, -0.15) is 4.31 Å². The summed E-state index contributed by atoms with van der Waals surface area (Å²) >= 11 is 1.33. The lowest BCUT2D eigenvalue weighted by Crippen LogP contribution is -2.47. The Kier molecular flexibility index (Phi) is 6.18. The standard InChI is InChI=1S/C25H24N4O3S2/c1-28-11-13-29(14-12-28)34(31,32)22-8-4-7-21(16-22)24(30)27-25-26-23(17-33-25)20-10-9-18-5-2-3-6-19(18)15-20/h2-10,15-17H,11-14H2,1H3,(H,26,27,30). The molecule has 0 radical (unpaired) electrons. The lowest BCUT2D eigenvalue weighted by molar-refractivity contribution is 0.102. The average molecular weight is 493 g/mol. The number of nitrogens with zero attached hydrogens (tertiary/aromatic N) is 3. The quantitative estimate of drug-likeness (QED) is 0.453. The van der Waals surface area contributed by atoms with Crippen LogP contribution in [0.25, 0.3) is 22.0 Å². The molecule has 0 aliphatic carbocycles. The maximum atomic E-state index is 13.0. The highest BCUT2D eigenvalue weighted by atomic mass is 32.2. The van der Waals surface area contributed by atoms with E-state index in [-0.39, 0.29) is 10.5 Å². The molecule has 1 N–H and O–H groups in total. The van der Waals surface area contributed by atoms with Crippen LogP contribution in [-0.2, 0) is 10.0 Å². The van der Waals surface area contributed by atoms with Crippen molar-refractivity contribution in [1.82, 2.24) is 14.2 Å². The molecule has 7 nitrogen and oxygen atoms in total. The third-order valence-corrected chi connectivity index (χ3v) is 8.62. The second-order valence-electron chi connectivity index (χ2n) is 8.29. The van der Waals surface area contributed by atoms with E-state index in [4.69, 9.17) is 0 Å². The molecule has 1 fully saturated rings.